The number of aromatic hydroxyl groups is 1. The molecule has 0 radical (unpaired) electrons. The highest BCUT2D eigenvalue weighted by Crippen LogP contribution is 2.34. The van der Waals surface area contributed by atoms with E-state index in [0.29, 0.717) is 5.56 Å². The van der Waals surface area contributed by atoms with Crippen LogP contribution in [0.2, 0.25) is 0 Å². The smallest absolute Gasteiger partial charge is 0.255 e. The summed E-state index contributed by atoms with van der Waals surface area (Å²) in [6, 6.07) is 4.94. The third kappa shape index (κ3) is 3.55. The number of carbonyl (C=O) groups excluding carboxylic acids is 1. The van der Waals surface area contributed by atoms with Crippen molar-refractivity contribution in [3.05, 3.63) is 28.2 Å². The number of rotatable bonds is 3. The van der Waals surface area contributed by atoms with Crippen LogP contribution < -0.4 is 5.32 Å². The van der Waals surface area contributed by atoms with Crippen LogP contribution in [0.1, 0.15) is 43.0 Å². The summed E-state index contributed by atoms with van der Waals surface area (Å²) < 4.78 is 0.758. The van der Waals surface area contributed by atoms with Gasteiger partial charge in [0.25, 0.3) is 5.91 Å². The average Bonchev–Trinajstić information content (AvgIpc) is 2.41. The quantitative estimate of drug-likeness (QED) is 0.740. The highest BCUT2D eigenvalue weighted by atomic mass is 79.9. The van der Waals surface area contributed by atoms with E-state index in [4.69, 9.17) is 0 Å². The van der Waals surface area contributed by atoms with Gasteiger partial charge >= 0.3 is 0 Å². The molecule has 0 atom stereocenters. The summed E-state index contributed by atoms with van der Waals surface area (Å²) in [6.45, 7) is 2.25. The molecule has 0 bridgehead atoms. The first-order valence-corrected chi connectivity index (χ1v) is 8.74. The Morgan fingerprint density at radius 2 is 2.10 bits per heavy atom. The van der Waals surface area contributed by atoms with Gasteiger partial charge in [-0.25, -0.2) is 0 Å². The zero-order chi connectivity index (χ0) is 14.8. The molecule has 0 spiro atoms. The minimum absolute atomic E-state index is 0.00535. The summed E-state index contributed by atoms with van der Waals surface area (Å²) in [5.74, 6) is 0.523. The fourth-order valence-electron chi connectivity index (χ4n) is 2.61. The molecule has 0 saturated heterocycles. The zero-order valence-electron chi connectivity index (χ0n) is 11.5. The maximum atomic E-state index is 12.4. The predicted molar refractivity (Wildman–Crippen MR) is 87.4 cm³/mol. The molecular weight excluding hydrogens is 386 g/mol. The van der Waals surface area contributed by atoms with E-state index in [2.05, 4.69) is 44.1 Å². The first-order valence-electron chi connectivity index (χ1n) is 6.83. The van der Waals surface area contributed by atoms with Crippen LogP contribution in [0.5, 0.6) is 5.75 Å². The Bertz CT molecular complexity index is 497. The number of phenols is 1. The van der Waals surface area contributed by atoms with Gasteiger partial charge < -0.3 is 10.4 Å². The lowest BCUT2D eigenvalue weighted by Crippen LogP contribution is -2.52. The predicted octanol–water partition coefficient (Wildman–Crippen LogP) is 4.23. The van der Waals surface area contributed by atoms with Crippen molar-refractivity contribution in [1.82, 2.24) is 5.32 Å². The van der Waals surface area contributed by atoms with Gasteiger partial charge in [0.2, 0.25) is 0 Å². The lowest BCUT2D eigenvalue weighted by atomic mass is 9.78. The summed E-state index contributed by atoms with van der Waals surface area (Å²) in [4.78, 5) is 12.4. The normalized spacial score (nSPS) is 26.2. The van der Waals surface area contributed by atoms with E-state index in [1.165, 1.54) is 0 Å². The van der Waals surface area contributed by atoms with Gasteiger partial charge in [-0.05, 0) is 49.8 Å². The molecule has 2 N–H and O–H groups in total. The van der Waals surface area contributed by atoms with Gasteiger partial charge in [0.05, 0.1) is 11.1 Å². The lowest BCUT2D eigenvalue weighted by Gasteiger charge is -2.39. The van der Waals surface area contributed by atoms with E-state index >= 15 is 0 Å². The van der Waals surface area contributed by atoms with Crippen molar-refractivity contribution in [1.29, 1.82) is 0 Å². The molecule has 20 heavy (non-hydrogen) atoms. The average molecular weight is 405 g/mol. The Morgan fingerprint density at radius 3 is 2.65 bits per heavy atom. The van der Waals surface area contributed by atoms with Crippen molar-refractivity contribution in [3.63, 3.8) is 0 Å². The minimum atomic E-state index is -0.205. The number of hydrogen-bond donors (Lipinski definition) is 2. The number of phenolic OH excluding ortho intramolecular Hbond substituents is 1. The first kappa shape index (κ1) is 15.8. The second-order valence-corrected chi connectivity index (χ2v) is 7.19. The van der Waals surface area contributed by atoms with Crippen molar-refractivity contribution in [2.45, 2.75) is 38.1 Å². The lowest BCUT2D eigenvalue weighted by molar-refractivity contribution is 0.0871. The molecule has 1 aromatic rings. The van der Waals surface area contributed by atoms with E-state index in [1.807, 2.05) is 0 Å². The topological polar surface area (TPSA) is 49.3 Å². The Kier molecular flexibility index (Phi) is 5.13. The molecule has 0 unspecified atom stereocenters. The summed E-state index contributed by atoms with van der Waals surface area (Å²) in [6.07, 6.45) is 4.20. The third-order valence-corrected chi connectivity index (χ3v) is 5.64. The van der Waals surface area contributed by atoms with Crippen LogP contribution >= 0.6 is 31.9 Å². The van der Waals surface area contributed by atoms with E-state index in [9.17, 15) is 9.90 Å². The first-order chi connectivity index (χ1) is 9.46. The molecule has 0 heterocycles. The SMILES string of the molecule is CC1CCC(CBr)(NC(=O)c2ccc(Br)cc2O)CC1. The maximum Gasteiger partial charge on any atom is 0.255 e. The molecule has 0 aliphatic heterocycles. The summed E-state index contributed by atoms with van der Waals surface area (Å²) in [7, 11) is 0. The highest BCUT2D eigenvalue weighted by Gasteiger charge is 2.35. The highest BCUT2D eigenvalue weighted by molar-refractivity contribution is 9.10. The summed E-state index contributed by atoms with van der Waals surface area (Å²) >= 11 is 6.81. The molecule has 1 saturated carbocycles. The second-order valence-electron chi connectivity index (χ2n) is 5.71. The van der Waals surface area contributed by atoms with Crippen molar-refractivity contribution in [2.24, 2.45) is 5.92 Å². The maximum absolute atomic E-state index is 12.4. The molecule has 1 fully saturated rings. The van der Waals surface area contributed by atoms with Gasteiger partial charge in [-0.2, -0.15) is 0 Å². The number of alkyl halides is 1. The number of hydrogen-bond acceptors (Lipinski definition) is 2. The number of benzene rings is 1. The second kappa shape index (κ2) is 6.48. The van der Waals surface area contributed by atoms with Crippen LogP contribution in [0.25, 0.3) is 0 Å². The van der Waals surface area contributed by atoms with Crippen molar-refractivity contribution >= 4 is 37.8 Å². The number of nitrogens with one attached hydrogen (secondary N) is 1. The minimum Gasteiger partial charge on any atom is -0.507 e. The van der Waals surface area contributed by atoms with Gasteiger partial charge in [0, 0.05) is 9.80 Å². The van der Waals surface area contributed by atoms with Crippen molar-refractivity contribution in [2.75, 3.05) is 5.33 Å². The largest absolute Gasteiger partial charge is 0.507 e. The van der Waals surface area contributed by atoms with E-state index < -0.39 is 0 Å². The van der Waals surface area contributed by atoms with Gasteiger partial charge in [0.1, 0.15) is 5.75 Å². The van der Waals surface area contributed by atoms with Crippen LogP contribution in [0.4, 0.5) is 0 Å². The van der Waals surface area contributed by atoms with Crippen LogP contribution in [0.15, 0.2) is 22.7 Å². The van der Waals surface area contributed by atoms with Gasteiger partial charge in [0.15, 0.2) is 0 Å². The Hall–Kier alpha value is -0.550. The van der Waals surface area contributed by atoms with Crippen LogP contribution in [-0.2, 0) is 0 Å². The molecule has 2 rings (SSSR count). The van der Waals surface area contributed by atoms with E-state index in [-0.39, 0.29) is 17.2 Å². The molecule has 5 heteroatoms. The monoisotopic (exact) mass is 403 g/mol. The standard InChI is InChI=1S/C15H19Br2NO2/c1-10-4-6-15(9-16,7-5-10)18-14(20)12-3-2-11(17)8-13(12)19/h2-3,8,10,19H,4-7,9H2,1H3,(H,18,20). The molecular formula is C15H19Br2NO2. The fraction of sp³-hybridized carbons (Fsp3) is 0.533. The van der Waals surface area contributed by atoms with Gasteiger partial charge in [-0.1, -0.05) is 38.8 Å². The van der Waals surface area contributed by atoms with Crippen LogP contribution in [0.3, 0.4) is 0 Å². The molecule has 1 aliphatic rings. The van der Waals surface area contributed by atoms with Gasteiger partial charge in [-0.15, -0.1) is 0 Å². The fourth-order valence-corrected chi connectivity index (χ4v) is 3.66. The molecule has 1 aliphatic carbocycles. The third-order valence-electron chi connectivity index (χ3n) is 4.07. The number of halogens is 2. The van der Waals surface area contributed by atoms with Crippen molar-refractivity contribution < 1.29 is 9.90 Å². The number of amides is 1. The van der Waals surface area contributed by atoms with Crippen molar-refractivity contribution in [3.8, 4) is 5.75 Å². The van der Waals surface area contributed by atoms with E-state index in [1.54, 1.807) is 18.2 Å². The molecule has 3 nitrogen and oxygen atoms in total. The summed E-state index contributed by atoms with van der Waals surface area (Å²) in [5, 5.41) is 13.8. The molecule has 1 aromatic carbocycles. The number of carbonyl (C=O) groups is 1. The Balaban J connectivity index is 2.13. The Labute approximate surface area is 136 Å². The summed E-state index contributed by atoms with van der Waals surface area (Å²) in [5.41, 5.74) is 0.135. The molecule has 1 amide bonds. The molecule has 0 aromatic heterocycles. The van der Waals surface area contributed by atoms with Gasteiger partial charge in [-0.3, -0.25) is 4.79 Å². The van der Waals surface area contributed by atoms with Crippen LogP contribution in [0, 0.1) is 5.92 Å². The Morgan fingerprint density at radius 1 is 1.45 bits per heavy atom. The molecule has 110 valence electrons. The van der Waals surface area contributed by atoms with Crippen LogP contribution in [-0.4, -0.2) is 21.9 Å². The van der Waals surface area contributed by atoms with E-state index in [0.717, 1.165) is 41.4 Å². The zero-order valence-corrected chi connectivity index (χ0v) is 14.6.